The van der Waals surface area contributed by atoms with Gasteiger partial charge in [-0.15, -0.1) is 0 Å². The van der Waals surface area contributed by atoms with Gasteiger partial charge in [-0.3, -0.25) is 4.98 Å². The molecule has 0 atom stereocenters. The van der Waals surface area contributed by atoms with Crippen LogP contribution in [0.3, 0.4) is 0 Å². The van der Waals surface area contributed by atoms with Gasteiger partial charge >= 0.3 is 0 Å². The van der Waals surface area contributed by atoms with E-state index in [1.165, 1.54) is 0 Å². The first-order valence-electron chi connectivity index (χ1n) is 16.2. The van der Waals surface area contributed by atoms with Crippen LogP contribution in [0.15, 0.2) is 175 Å². The molecule has 0 aliphatic rings. The number of rotatable bonds is 6. The molecule has 9 aromatic rings. The highest BCUT2D eigenvalue weighted by atomic mass is 16.3. The monoisotopic (exact) mass is 628 g/mol. The van der Waals surface area contributed by atoms with Crippen molar-refractivity contribution < 1.29 is 4.42 Å². The number of hydrogen-bond acceptors (Lipinski definition) is 5. The number of hydrogen-bond donors (Lipinski definition) is 0. The molecule has 0 aliphatic heterocycles. The van der Waals surface area contributed by atoms with Crippen molar-refractivity contribution in [3.8, 4) is 67.5 Å². The van der Waals surface area contributed by atoms with Gasteiger partial charge in [-0.1, -0.05) is 146 Å². The number of furan rings is 1. The average Bonchev–Trinajstić information content (AvgIpc) is 3.58. The highest BCUT2D eigenvalue weighted by molar-refractivity contribution is 6.13. The Morgan fingerprint density at radius 1 is 0.347 bits per heavy atom. The molecule has 0 N–H and O–H groups in total. The standard InChI is InChI=1S/C44H28N4O/c1-3-11-31(12-4-1)42-46-43(32-13-5-2-6-14-32)48-44(47-42)34-16-7-15-33(27-34)37-19-9-21-39-38-20-8-18-36(40(38)49-41(37)39)30-24-22-29(23-25-30)35-17-10-26-45-28-35/h1-28H. The van der Waals surface area contributed by atoms with Gasteiger partial charge in [-0.2, -0.15) is 0 Å². The van der Waals surface area contributed by atoms with Crippen molar-refractivity contribution in [2.45, 2.75) is 0 Å². The van der Waals surface area contributed by atoms with Gasteiger partial charge in [0.05, 0.1) is 0 Å². The number of pyridine rings is 1. The minimum Gasteiger partial charge on any atom is -0.455 e. The molecule has 0 bridgehead atoms. The van der Waals surface area contributed by atoms with Crippen LogP contribution in [0.4, 0.5) is 0 Å². The zero-order chi connectivity index (χ0) is 32.6. The summed E-state index contributed by atoms with van der Waals surface area (Å²) in [5, 5.41) is 2.16. The molecule has 0 fully saturated rings. The Kier molecular flexibility index (Phi) is 7.06. The molecule has 0 radical (unpaired) electrons. The van der Waals surface area contributed by atoms with E-state index in [1.54, 1.807) is 6.20 Å². The van der Waals surface area contributed by atoms with Crippen molar-refractivity contribution >= 4 is 21.9 Å². The Labute approximate surface area is 283 Å². The Balaban J connectivity index is 1.15. The van der Waals surface area contributed by atoms with E-state index in [0.29, 0.717) is 17.5 Å². The Hall–Kier alpha value is -6.72. The summed E-state index contributed by atoms with van der Waals surface area (Å²) in [5.41, 5.74) is 10.9. The van der Waals surface area contributed by atoms with Crippen LogP contribution in [0.1, 0.15) is 0 Å². The molecule has 0 spiro atoms. The first-order chi connectivity index (χ1) is 24.3. The maximum Gasteiger partial charge on any atom is 0.164 e. The van der Waals surface area contributed by atoms with Crippen LogP contribution < -0.4 is 0 Å². The van der Waals surface area contributed by atoms with E-state index in [4.69, 9.17) is 19.4 Å². The van der Waals surface area contributed by atoms with Crippen LogP contribution >= 0.6 is 0 Å². The van der Waals surface area contributed by atoms with Gasteiger partial charge in [0.2, 0.25) is 0 Å². The topological polar surface area (TPSA) is 64.7 Å². The number of aromatic nitrogens is 4. The molecule has 3 aromatic heterocycles. The van der Waals surface area contributed by atoms with Gasteiger partial charge < -0.3 is 4.42 Å². The summed E-state index contributed by atoms with van der Waals surface area (Å²) >= 11 is 0. The largest absolute Gasteiger partial charge is 0.455 e. The normalized spacial score (nSPS) is 11.3. The van der Waals surface area contributed by atoms with Gasteiger partial charge in [-0.05, 0) is 34.4 Å². The Bertz CT molecular complexity index is 2520. The molecule has 3 heterocycles. The molecule has 0 amide bonds. The van der Waals surface area contributed by atoms with Crippen LogP contribution in [0, 0.1) is 0 Å². The minimum absolute atomic E-state index is 0.614. The fourth-order valence-corrected chi connectivity index (χ4v) is 6.41. The summed E-state index contributed by atoms with van der Waals surface area (Å²) in [6.07, 6.45) is 3.68. The smallest absolute Gasteiger partial charge is 0.164 e. The lowest BCUT2D eigenvalue weighted by molar-refractivity contribution is 0.671. The second-order valence-electron chi connectivity index (χ2n) is 11.9. The minimum atomic E-state index is 0.614. The molecule has 230 valence electrons. The van der Waals surface area contributed by atoms with Crippen molar-refractivity contribution in [2.75, 3.05) is 0 Å². The summed E-state index contributed by atoms with van der Waals surface area (Å²) < 4.78 is 6.79. The van der Waals surface area contributed by atoms with E-state index < -0.39 is 0 Å². The molecular weight excluding hydrogens is 601 g/mol. The summed E-state index contributed by atoms with van der Waals surface area (Å²) in [5.74, 6) is 1.88. The maximum atomic E-state index is 6.79. The molecule has 49 heavy (non-hydrogen) atoms. The van der Waals surface area contributed by atoms with E-state index in [-0.39, 0.29) is 0 Å². The summed E-state index contributed by atoms with van der Waals surface area (Å²) in [6, 6.07) is 53.7. The van der Waals surface area contributed by atoms with E-state index in [1.807, 2.05) is 72.9 Å². The fourth-order valence-electron chi connectivity index (χ4n) is 6.41. The number of nitrogens with zero attached hydrogens (tertiary/aromatic N) is 4. The third kappa shape index (κ3) is 5.33. The third-order valence-corrected chi connectivity index (χ3v) is 8.85. The van der Waals surface area contributed by atoms with E-state index in [0.717, 1.165) is 72.0 Å². The highest BCUT2D eigenvalue weighted by Crippen LogP contribution is 2.40. The molecular formula is C44H28N4O. The molecule has 5 heteroatoms. The maximum absolute atomic E-state index is 6.79. The van der Waals surface area contributed by atoms with Crippen LogP contribution in [0.5, 0.6) is 0 Å². The van der Waals surface area contributed by atoms with Crippen LogP contribution in [0.25, 0.3) is 89.5 Å². The van der Waals surface area contributed by atoms with Crippen molar-refractivity contribution in [2.24, 2.45) is 0 Å². The van der Waals surface area contributed by atoms with Crippen molar-refractivity contribution in [3.63, 3.8) is 0 Å². The lowest BCUT2D eigenvalue weighted by Gasteiger charge is -2.10. The predicted octanol–water partition coefficient (Wildman–Crippen LogP) is 11.2. The van der Waals surface area contributed by atoms with Gasteiger partial charge in [0.15, 0.2) is 17.5 Å². The zero-order valence-electron chi connectivity index (χ0n) is 26.4. The summed E-state index contributed by atoms with van der Waals surface area (Å²) in [6.45, 7) is 0. The Morgan fingerprint density at radius 3 is 1.43 bits per heavy atom. The van der Waals surface area contributed by atoms with E-state index >= 15 is 0 Å². The summed E-state index contributed by atoms with van der Waals surface area (Å²) in [7, 11) is 0. The molecule has 0 aliphatic carbocycles. The van der Waals surface area contributed by atoms with E-state index in [2.05, 4.69) is 96.0 Å². The van der Waals surface area contributed by atoms with Crippen molar-refractivity contribution in [3.05, 3.63) is 170 Å². The SMILES string of the molecule is c1ccc(-c2nc(-c3ccccc3)nc(-c3cccc(-c4cccc5c4oc4c(-c6ccc(-c7cccnc7)cc6)cccc45)c3)n2)cc1. The molecule has 0 saturated heterocycles. The zero-order valence-corrected chi connectivity index (χ0v) is 26.4. The van der Waals surface area contributed by atoms with Crippen LogP contribution in [-0.4, -0.2) is 19.9 Å². The van der Waals surface area contributed by atoms with Gasteiger partial charge in [0, 0.05) is 51.0 Å². The summed E-state index contributed by atoms with van der Waals surface area (Å²) in [4.78, 5) is 19.0. The van der Waals surface area contributed by atoms with Crippen LogP contribution in [-0.2, 0) is 0 Å². The average molecular weight is 629 g/mol. The van der Waals surface area contributed by atoms with Crippen molar-refractivity contribution in [1.29, 1.82) is 0 Å². The fraction of sp³-hybridized carbons (Fsp3) is 0. The third-order valence-electron chi connectivity index (χ3n) is 8.85. The second kappa shape index (κ2) is 12.1. The molecule has 9 rings (SSSR count). The molecule has 6 aromatic carbocycles. The lowest BCUT2D eigenvalue weighted by Crippen LogP contribution is -2.00. The number of fused-ring (bicyclic) bond motifs is 3. The molecule has 5 nitrogen and oxygen atoms in total. The van der Waals surface area contributed by atoms with Gasteiger partial charge in [0.1, 0.15) is 11.2 Å². The second-order valence-corrected chi connectivity index (χ2v) is 11.9. The predicted molar refractivity (Wildman–Crippen MR) is 198 cm³/mol. The Morgan fingerprint density at radius 2 is 0.837 bits per heavy atom. The number of benzene rings is 6. The van der Waals surface area contributed by atoms with Gasteiger partial charge in [-0.25, -0.2) is 15.0 Å². The highest BCUT2D eigenvalue weighted by Gasteiger charge is 2.17. The van der Waals surface area contributed by atoms with Crippen molar-refractivity contribution in [1.82, 2.24) is 19.9 Å². The quantitative estimate of drug-likeness (QED) is 0.183. The first kappa shape index (κ1) is 28.5. The molecule has 0 unspecified atom stereocenters. The lowest BCUT2D eigenvalue weighted by atomic mass is 9.98. The molecule has 0 saturated carbocycles. The number of para-hydroxylation sites is 2. The van der Waals surface area contributed by atoms with Crippen LogP contribution in [0.2, 0.25) is 0 Å². The first-order valence-corrected chi connectivity index (χ1v) is 16.2. The van der Waals surface area contributed by atoms with Gasteiger partial charge in [0.25, 0.3) is 0 Å². The van der Waals surface area contributed by atoms with E-state index in [9.17, 15) is 0 Å².